The molecule has 1 aromatic rings. The van der Waals surface area contributed by atoms with Crippen LogP contribution in [0.3, 0.4) is 0 Å². The molecule has 3 heteroatoms. The molecule has 0 saturated heterocycles. The molecule has 0 bridgehead atoms. The fraction of sp³-hybridized carbons (Fsp3) is 0.364. The Morgan fingerprint density at radius 3 is 2.86 bits per heavy atom. The van der Waals surface area contributed by atoms with Crippen molar-refractivity contribution in [2.45, 2.75) is 19.4 Å². The van der Waals surface area contributed by atoms with Gasteiger partial charge in [0.05, 0.1) is 0 Å². The van der Waals surface area contributed by atoms with Gasteiger partial charge in [0.15, 0.2) is 5.78 Å². The maximum Gasteiger partial charge on any atom is 0.170 e. The van der Waals surface area contributed by atoms with E-state index in [4.69, 9.17) is 5.73 Å². The van der Waals surface area contributed by atoms with Crippen LogP contribution in [0.5, 0.6) is 0 Å². The highest BCUT2D eigenvalue weighted by Gasteiger charge is 2.24. The van der Waals surface area contributed by atoms with Crippen LogP contribution in [0, 0.1) is 12.8 Å². The van der Waals surface area contributed by atoms with Crippen molar-refractivity contribution >= 4 is 17.1 Å². The third-order valence-corrected chi connectivity index (χ3v) is 3.33. The van der Waals surface area contributed by atoms with Crippen molar-refractivity contribution in [3.8, 4) is 0 Å². The lowest BCUT2D eigenvalue weighted by Crippen LogP contribution is -2.18. The second kappa shape index (κ2) is 3.67. The first-order chi connectivity index (χ1) is 6.66. The van der Waals surface area contributed by atoms with Gasteiger partial charge in [-0.25, -0.2) is 0 Å². The van der Waals surface area contributed by atoms with Crippen molar-refractivity contribution in [1.29, 1.82) is 0 Å². The van der Waals surface area contributed by atoms with Crippen molar-refractivity contribution in [3.63, 3.8) is 0 Å². The van der Waals surface area contributed by atoms with Gasteiger partial charge in [0.25, 0.3) is 0 Å². The molecule has 1 aliphatic carbocycles. The third kappa shape index (κ3) is 1.79. The molecule has 0 spiro atoms. The molecule has 74 valence electrons. The number of Topliss-reactive ketones (excluding diaryl/α,β-unsaturated/α-hetero) is 1. The van der Waals surface area contributed by atoms with E-state index in [2.05, 4.69) is 0 Å². The van der Waals surface area contributed by atoms with E-state index < -0.39 is 0 Å². The number of hydrogen-bond donors (Lipinski definition) is 1. The Morgan fingerprint density at radius 1 is 1.57 bits per heavy atom. The van der Waals surface area contributed by atoms with Crippen molar-refractivity contribution in [1.82, 2.24) is 0 Å². The first-order valence-corrected chi connectivity index (χ1v) is 5.58. The zero-order chi connectivity index (χ0) is 10.1. The fourth-order valence-electron chi connectivity index (χ4n) is 1.71. The Hall–Kier alpha value is -0.930. The average Bonchev–Trinajstić information content (AvgIpc) is 2.73. The molecule has 2 atom stereocenters. The summed E-state index contributed by atoms with van der Waals surface area (Å²) in [6.45, 7) is 2.01. The van der Waals surface area contributed by atoms with Gasteiger partial charge < -0.3 is 5.73 Å². The first-order valence-electron chi connectivity index (χ1n) is 4.70. The van der Waals surface area contributed by atoms with E-state index in [1.54, 1.807) is 11.3 Å². The standard InChI is InChI=1S/C11H13NOS/c1-7-4-9(6-14-7)11(13)8-2-3-10(12)5-8/h2-4,6,8,10H,5,12H2,1H3. The normalized spacial score (nSPS) is 25.6. The van der Waals surface area contributed by atoms with Gasteiger partial charge in [-0.3, -0.25) is 4.79 Å². The number of thiophene rings is 1. The highest BCUT2D eigenvalue weighted by atomic mass is 32.1. The zero-order valence-corrected chi connectivity index (χ0v) is 8.88. The van der Waals surface area contributed by atoms with Gasteiger partial charge in [-0.2, -0.15) is 0 Å². The van der Waals surface area contributed by atoms with Crippen LogP contribution in [-0.2, 0) is 0 Å². The summed E-state index contributed by atoms with van der Waals surface area (Å²) in [6, 6.07) is 2.01. The van der Waals surface area contributed by atoms with Gasteiger partial charge in [-0.15, -0.1) is 11.3 Å². The molecule has 0 saturated carbocycles. The minimum absolute atomic E-state index is 0.000926. The number of nitrogens with two attached hydrogens (primary N) is 1. The Labute approximate surface area is 87.4 Å². The lowest BCUT2D eigenvalue weighted by atomic mass is 9.98. The summed E-state index contributed by atoms with van der Waals surface area (Å²) in [5, 5.41) is 1.93. The van der Waals surface area contributed by atoms with Crippen LogP contribution in [0.1, 0.15) is 21.7 Å². The predicted molar refractivity (Wildman–Crippen MR) is 58.6 cm³/mol. The Kier molecular flexibility index (Phi) is 2.52. The molecule has 1 aliphatic rings. The van der Waals surface area contributed by atoms with Gasteiger partial charge in [0.2, 0.25) is 0 Å². The molecule has 0 amide bonds. The number of rotatable bonds is 2. The summed E-state index contributed by atoms with van der Waals surface area (Å²) < 4.78 is 0. The summed E-state index contributed by atoms with van der Waals surface area (Å²) in [5.41, 5.74) is 6.54. The average molecular weight is 207 g/mol. The second-order valence-electron chi connectivity index (χ2n) is 3.70. The van der Waals surface area contributed by atoms with Crippen LogP contribution in [-0.4, -0.2) is 11.8 Å². The smallest absolute Gasteiger partial charge is 0.170 e. The Bertz CT molecular complexity index is 380. The molecule has 2 nitrogen and oxygen atoms in total. The zero-order valence-electron chi connectivity index (χ0n) is 8.07. The number of carbonyl (C=O) groups is 1. The van der Waals surface area contributed by atoms with E-state index in [9.17, 15) is 4.79 Å². The van der Waals surface area contributed by atoms with Gasteiger partial charge in [0, 0.05) is 27.8 Å². The van der Waals surface area contributed by atoms with Gasteiger partial charge in [-0.1, -0.05) is 12.2 Å². The third-order valence-electron chi connectivity index (χ3n) is 2.47. The molecule has 2 rings (SSSR count). The van der Waals surface area contributed by atoms with Crippen LogP contribution in [0.4, 0.5) is 0 Å². The highest BCUT2D eigenvalue weighted by molar-refractivity contribution is 7.10. The molecule has 0 fully saturated rings. The van der Waals surface area contributed by atoms with Crippen molar-refractivity contribution in [2.24, 2.45) is 11.7 Å². The van der Waals surface area contributed by atoms with Crippen molar-refractivity contribution in [3.05, 3.63) is 34.0 Å². The summed E-state index contributed by atoms with van der Waals surface area (Å²) in [7, 11) is 0. The van der Waals surface area contributed by atoms with Crippen molar-refractivity contribution < 1.29 is 4.79 Å². The van der Waals surface area contributed by atoms with Crippen LogP contribution < -0.4 is 5.73 Å². The summed E-state index contributed by atoms with van der Waals surface area (Å²) in [6.07, 6.45) is 4.61. The number of ketones is 1. The Morgan fingerprint density at radius 2 is 2.36 bits per heavy atom. The monoisotopic (exact) mass is 207 g/mol. The molecule has 0 radical (unpaired) electrons. The first kappa shape index (κ1) is 9.62. The van der Waals surface area contributed by atoms with Gasteiger partial charge >= 0.3 is 0 Å². The fourth-order valence-corrected chi connectivity index (χ4v) is 2.40. The minimum Gasteiger partial charge on any atom is -0.324 e. The van der Waals surface area contributed by atoms with Crippen molar-refractivity contribution in [2.75, 3.05) is 0 Å². The number of hydrogen-bond acceptors (Lipinski definition) is 3. The van der Waals surface area contributed by atoms with E-state index in [0.717, 1.165) is 12.0 Å². The van der Waals surface area contributed by atoms with E-state index >= 15 is 0 Å². The van der Waals surface area contributed by atoms with E-state index in [0.29, 0.717) is 0 Å². The SMILES string of the molecule is Cc1cc(C(=O)C2C=CC(N)C2)cs1. The molecule has 1 heterocycles. The summed E-state index contributed by atoms with van der Waals surface area (Å²) >= 11 is 1.62. The molecule has 2 N–H and O–H groups in total. The van der Waals surface area contributed by atoms with Crippen LogP contribution in [0.15, 0.2) is 23.6 Å². The largest absolute Gasteiger partial charge is 0.324 e. The van der Waals surface area contributed by atoms with Gasteiger partial charge in [0.1, 0.15) is 0 Å². The summed E-state index contributed by atoms with van der Waals surface area (Å²) in [5.74, 6) is 0.206. The molecule has 0 aliphatic heterocycles. The van der Waals surface area contributed by atoms with Crippen LogP contribution in [0.2, 0.25) is 0 Å². The summed E-state index contributed by atoms with van der Waals surface area (Å²) in [4.78, 5) is 13.1. The topological polar surface area (TPSA) is 43.1 Å². The molecule has 0 aromatic carbocycles. The van der Waals surface area contributed by atoms with E-state index in [1.807, 2.05) is 30.5 Å². The van der Waals surface area contributed by atoms with Crippen LogP contribution in [0.25, 0.3) is 0 Å². The minimum atomic E-state index is -0.000926. The second-order valence-corrected chi connectivity index (χ2v) is 4.82. The van der Waals surface area contributed by atoms with Gasteiger partial charge in [-0.05, 0) is 19.4 Å². The molecule has 14 heavy (non-hydrogen) atoms. The maximum absolute atomic E-state index is 11.9. The number of carbonyl (C=O) groups excluding carboxylic acids is 1. The number of allylic oxidation sites excluding steroid dienone is 1. The maximum atomic E-state index is 11.9. The van der Waals surface area contributed by atoms with E-state index in [1.165, 1.54) is 4.88 Å². The predicted octanol–water partition coefficient (Wildman–Crippen LogP) is 2.14. The van der Waals surface area contributed by atoms with E-state index in [-0.39, 0.29) is 17.7 Å². The molecular weight excluding hydrogens is 194 g/mol. The molecular formula is C11H13NOS. The lowest BCUT2D eigenvalue weighted by Gasteiger charge is -2.05. The van der Waals surface area contributed by atoms with Crippen LogP contribution >= 0.6 is 11.3 Å². The molecule has 2 unspecified atom stereocenters. The quantitative estimate of drug-likeness (QED) is 0.596. The lowest BCUT2D eigenvalue weighted by molar-refractivity contribution is 0.0943. The Balaban J connectivity index is 2.13. The molecule has 1 aromatic heterocycles. The number of aryl methyl sites for hydroxylation is 1. The highest BCUT2D eigenvalue weighted by Crippen LogP contribution is 2.23.